The van der Waals surface area contributed by atoms with E-state index >= 15 is 0 Å². The molecule has 0 fully saturated rings. The van der Waals surface area contributed by atoms with Crippen LogP contribution in [0.1, 0.15) is 12.8 Å². The van der Waals surface area contributed by atoms with Crippen molar-refractivity contribution in [2.24, 2.45) is 5.73 Å². The lowest BCUT2D eigenvalue weighted by atomic mass is 10.1. The number of carboxylic acids is 2. The van der Waals surface area contributed by atoms with Crippen LogP contribution in [0, 0.1) is 0 Å². The van der Waals surface area contributed by atoms with Crippen LogP contribution in [0.15, 0.2) is 0 Å². The summed E-state index contributed by atoms with van der Waals surface area (Å²) in [5.41, 5.74) is 5.41. The summed E-state index contributed by atoms with van der Waals surface area (Å²) in [6, 6.07) is -2.11. The lowest BCUT2D eigenvalue weighted by Gasteiger charge is -2.19. The summed E-state index contributed by atoms with van der Waals surface area (Å²) in [6.45, 7) is -0.628. The number of hydrogen-bond donors (Lipinski definition) is 6. The highest BCUT2D eigenvalue weighted by Crippen LogP contribution is 1.99. The number of carbonyl (C=O) groups is 4. The average molecular weight is 307 g/mol. The second-order valence-electron chi connectivity index (χ2n) is 3.89. The summed E-state index contributed by atoms with van der Waals surface area (Å²) < 4.78 is 0. The molecule has 0 spiro atoms. The van der Waals surface area contributed by atoms with Crippen LogP contribution < -0.4 is 16.4 Å². The van der Waals surface area contributed by atoms with Crippen LogP contribution in [0.2, 0.25) is 0 Å². The molecule has 0 heterocycles. The molecule has 0 bridgehead atoms. The number of carboxylic acid groups (broad SMARTS) is 2. The van der Waals surface area contributed by atoms with Crippen molar-refractivity contribution in [3.8, 4) is 0 Å². The summed E-state index contributed by atoms with van der Waals surface area (Å²) in [5.74, 6) is -3.80. The molecule has 0 saturated carbocycles. The van der Waals surface area contributed by atoms with Gasteiger partial charge in [0.1, 0.15) is 12.6 Å². The van der Waals surface area contributed by atoms with Crippen molar-refractivity contribution in [1.29, 1.82) is 0 Å². The summed E-state index contributed by atoms with van der Waals surface area (Å²) in [6.07, 6.45) is -0.534. The molecule has 20 heavy (non-hydrogen) atoms. The van der Waals surface area contributed by atoms with Crippen LogP contribution in [-0.4, -0.2) is 58.3 Å². The molecule has 0 saturated heterocycles. The Morgan fingerprint density at radius 1 is 1.10 bits per heavy atom. The average Bonchev–Trinajstić information content (AvgIpc) is 2.38. The van der Waals surface area contributed by atoms with Crippen LogP contribution in [0.5, 0.6) is 0 Å². The van der Waals surface area contributed by atoms with Crippen LogP contribution in [0.25, 0.3) is 0 Å². The topological polar surface area (TPSA) is 159 Å². The minimum absolute atomic E-state index is 0.0498. The first-order chi connectivity index (χ1) is 9.27. The first kappa shape index (κ1) is 18.2. The molecule has 0 rings (SSSR count). The molecule has 0 aromatic carbocycles. The fourth-order valence-electron chi connectivity index (χ4n) is 1.18. The van der Waals surface area contributed by atoms with E-state index in [2.05, 4.69) is 23.3 Å². The van der Waals surface area contributed by atoms with Crippen molar-refractivity contribution >= 4 is 36.4 Å². The fraction of sp³-hybridized carbons (Fsp3) is 0.600. The van der Waals surface area contributed by atoms with Gasteiger partial charge in [0.05, 0.1) is 6.04 Å². The summed E-state index contributed by atoms with van der Waals surface area (Å²) in [4.78, 5) is 44.0. The number of hydrogen-bond acceptors (Lipinski definition) is 6. The van der Waals surface area contributed by atoms with Gasteiger partial charge in [0, 0.05) is 12.2 Å². The van der Waals surface area contributed by atoms with E-state index in [0.29, 0.717) is 0 Å². The molecule has 9 nitrogen and oxygen atoms in total. The first-order valence-electron chi connectivity index (χ1n) is 5.66. The highest BCUT2D eigenvalue weighted by Gasteiger charge is 2.24. The highest BCUT2D eigenvalue weighted by atomic mass is 32.1. The Kier molecular flexibility index (Phi) is 8.32. The Morgan fingerprint density at radius 2 is 1.70 bits per heavy atom. The van der Waals surface area contributed by atoms with Gasteiger partial charge < -0.3 is 26.6 Å². The molecule has 2 unspecified atom stereocenters. The van der Waals surface area contributed by atoms with Crippen LogP contribution >= 0.6 is 12.6 Å². The largest absolute Gasteiger partial charge is 0.481 e. The van der Waals surface area contributed by atoms with Crippen LogP contribution in [0.3, 0.4) is 0 Å². The maximum atomic E-state index is 11.7. The lowest BCUT2D eigenvalue weighted by Crippen LogP contribution is -2.52. The van der Waals surface area contributed by atoms with Gasteiger partial charge in [0.2, 0.25) is 11.8 Å². The first-order valence-corrected chi connectivity index (χ1v) is 6.29. The van der Waals surface area contributed by atoms with E-state index in [-0.39, 0.29) is 18.6 Å². The number of rotatable bonds is 9. The Bertz CT molecular complexity index is 389. The molecular formula is C10H17N3O6S. The molecular weight excluding hydrogens is 290 g/mol. The Morgan fingerprint density at radius 3 is 2.15 bits per heavy atom. The second-order valence-corrected chi connectivity index (χ2v) is 4.26. The molecule has 2 amide bonds. The molecule has 10 heteroatoms. The second kappa shape index (κ2) is 9.15. The van der Waals surface area contributed by atoms with Gasteiger partial charge in [-0.05, 0) is 6.42 Å². The molecule has 0 aromatic heterocycles. The number of nitrogens with one attached hydrogen (secondary N) is 2. The minimum atomic E-state index is -1.26. The van der Waals surface area contributed by atoms with E-state index in [0.717, 1.165) is 0 Å². The van der Waals surface area contributed by atoms with E-state index in [1.807, 2.05) is 0 Å². The van der Waals surface area contributed by atoms with Crippen molar-refractivity contribution in [2.75, 3.05) is 12.3 Å². The molecule has 0 aliphatic rings. The molecule has 2 atom stereocenters. The van der Waals surface area contributed by atoms with Gasteiger partial charge in [-0.15, -0.1) is 0 Å². The van der Waals surface area contributed by atoms with Crippen molar-refractivity contribution in [1.82, 2.24) is 10.6 Å². The van der Waals surface area contributed by atoms with Crippen molar-refractivity contribution < 1.29 is 29.4 Å². The van der Waals surface area contributed by atoms with Gasteiger partial charge in [-0.3, -0.25) is 19.2 Å². The molecule has 0 aliphatic heterocycles. The zero-order valence-corrected chi connectivity index (χ0v) is 11.4. The third-order valence-corrected chi connectivity index (χ3v) is 2.62. The van der Waals surface area contributed by atoms with Gasteiger partial charge in [0.15, 0.2) is 0 Å². The predicted octanol–water partition coefficient (Wildman–Crippen LogP) is -2.21. The summed E-state index contributed by atoms with van der Waals surface area (Å²) in [7, 11) is 0. The number of nitrogens with two attached hydrogens (primary N) is 1. The van der Waals surface area contributed by atoms with Crippen molar-refractivity contribution in [3.63, 3.8) is 0 Å². The minimum Gasteiger partial charge on any atom is -0.481 e. The zero-order chi connectivity index (χ0) is 15.7. The molecule has 0 aromatic rings. The van der Waals surface area contributed by atoms with E-state index < -0.39 is 42.4 Å². The Hall–Kier alpha value is -1.81. The smallest absolute Gasteiger partial charge is 0.322 e. The SMILES string of the molecule is NC(CS)C(=O)NC(CCC(=O)O)C(=O)NCC(=O)O. The van der Waals surface area contributed by atoms with Crippen molar-refractivity contribution in [2.45, 2.75) is 24.9 Å². The van der Waals surface area contributed by atoms with E-state index in [1.165, 1.54) is 0 Å². The van der Waals surface area contributed by atoms with Gasteiger partial charge >= 0.3 is 11.9 Å². The van der Waals surface area contributed by atoms with Crippen LogP contribution in [0.4, 0.5) is 0 Å². The quantitative estimate of drug-likeness (QED) is 0.263. The van der Waals surface area contributed by atoms with E-state index in [4.69, 9.17) is 15.9 Å². The highest BCUT2D eigenvalue weighted by molar-refractivity contribution is 7.80. The maximum absolute atomic E-state index is 11.7. The summed E-state index contributed by atoms with van der Waals surface area (Å²) >= 11 is 3.82. The third kappa shape index (κ3) is 7.59. The predicted molar refractivity (Wildman–Crippen MR) is 71.3 cm³/mol. The molecule has 6 N–H and O–H groups in total. The van der Waals surface area contributed by atoms with E-state index in [1.54, 1.807) is 0 Å². The number of carbonyl (C=O) groups excluding carboxylic acids is 2. The monoisotopic (exact) mass is 307 g/mol. The number of amides is 2. The van der Waals surface area contributed by atoms with Crippen molar-refractivity contribution in [3.05, 3.63) is 0 Å². The number of aliphatic carboxylic acids is 2. The van der Waals surface area contributed by atoms with Gasteiger partial charge in [0.25, 0.3) is 0 Å². The fourth-order valence-corrected chi connectivity index (χ4v) is 1.35. The van der Waals surface area contributed by atoms with E-state index in [9.17, 15) is 19.2 Å². The van der Waals surface area contributed by atoms with Crippen LogP contribution in [-0.2, 0) is 19.2 Å². The maximum Gasteiger partial charge on any atom is 0.322 e. The Balaban J connectivity index is 4.62. The molecule has 0 radical (unpaired) electrons. The van der Waals surface area contributed by atoms with Gasteiger partial charge in [-0.25, -0.2) is 0 Å². The standard InChI is InChI=1S/C10H17N3O6S/c11-5(4-20)9(18)13-6(1-2-7(14)15)10(19)12-3-8(16)17/h5-6,20H,1-4,11H2,(H,12,19)(H,13,18)(H,14,15)(H,16,17). The third-order valence-electron chi connectivity index (χ3n) is 2.23. The molecule has 114 valence electrons. The lowest BCUT2D eigenvalue weighted by molar-refractivity contribution is -0.140. The van der Waals surface area contributed by atoms with Gasteiger partial charge in [-0.2, -0.15) is 12.6 Å². The summed E-state index contributed by atoms with van der Waals surface area (Å²) in [5, 5.41) is 21.3. The normalized spacial score (nSPS) is 13.1. The zero-order valence-electron chi connectivity index (χ0n) is 10.5. The molecule has 0 aliphatic carbocycles. The number of thiol groups is 1. The Labute approximate surface area is 120 Å². The van der Waals surface area contributed by atoms with Gasteiger partial charge in [-0.1, -0.05) is 0 Å².